The summed E-state index contributed by atoms with van der Waals surface area (Å²) in [4.78, 5) is 0. The molecule has 1 heterocycles. The van der Waals surface area contributed by atoms with Gasteiger partial charge in [0, 0.05) is 10.0 Å². The number of nitrogens with zero attached hydrogens (tertiary/aromatic N) is 2. The van der Waals surface area contributed by atoms with E-state index in [9.17, 15) is 0 Å². The number of nitrogens with two attached hydrogens (primary N) is 1. The quantitative estimate of drug-likeness (QED) is 0.877. The zero-order valence-electron chi connectivity index (χ0n) is 10.4. The van der Waals surface area contributed by atoms with Crippen molar-refractivity contribution in [2.75, 3.05) is 5.73 Å². The average Bonchev–Trinajstić information content (AvgIpc) is 2.68. The maximum atomic E-state index is 6.25. The lowest BCUT2D eigenvalue weighted by molar-refractivity contribution is 0.671. The summed E-state index contributed by atoms with van der Waals surface area (Å²) >= 11 is 3.48. The van der Waals surface area contributed by atoms with Crippen molar-refractivity contribution in [2.45, 2.75) is 32.6 Å². The van der Waals surface area contributed by atoms with Crippen molar-refractivity contribution in [3.63, 3.8) is 0 Å². The van der Waals surface area contributed by atoms with E-state index in [1.54, 1.807) is 0 Å². The number of aromatic nitrogens is 2. The Labute approximate surface area is 115 Å². The summed E-state index contributed by atoms with van der Waals surface area (Å²) in [7, 11) is 0. The zero-order valence-corrected chi connectivity index (χ0v) is 12.0. The summed E-state index contributed by atoms with van der Waals surface area (Å²) in [6.07, 6.45) is 4.57. The first kappa shape index (κ1) is 11.8. The van der Waals surface area contributed by atoms with Gasteiger partial charge in [-0.25, -0.2) is 4.68 Å². The van der Waals surface area contributed by atoms with Gasteiger partial charge in [0.2, 0.25) is 0 Å². The Hall–Kier alpha value is -1.29. The Morgan fingerprint density at radius 1 is 1.28 bits per heavy atom. The van der Waals surface area contributed by atoms with E-state index < -0.39 is 0 Å². The van der Waals surface area contributed by atoms with Gasteiger partial charge in [0.1, 0.15) is 5.82 Å². The fourth-order valence-corrected chi connectivity index (χ4v) is 3.09. The molecule has 1 aromatic heterocycles. The molecular weight excluding hydrogens is 290 g/mol. The number of nitrogen functional groups attached to an aromatic ring is 1. The van der Waals surface area contributed by atoms with Crippen molar-refractivity contribution < 1.29 is 0 Å². The van der Waals surface area contributed by atoms with Crippen molar-refractivity contribution in [3.05, 3.63) is 39.5 Å². The Bertz CT molecular complexity index is 601. The van der Waals surface area contributed by atoms with Crippen molar-refractivity contribution in [3.8, 4) is 5.69 Å². The molecule has 4 heteroatoms. The molecule has 0 aliphatic heterocycles. The van der Waals surface area contributed by atoms with Gasteiger partial charge >= 0.3 is 0 Å². The first-order valence-corrected chi connectivity index (χ1v) is 7.09. The van der Waals surface area contributed by atoms with E-state index in [4.69, 9.17) is 5.73 Å². The van der Waals surface area contributed by atoms with Gasteiger partial charge in [-0.05, 0) is 56.4 Å². The minimum Gasteiger partial charge on any atom is -0.383 e. The van der Waals surface area contributed by atoms with Crippen LogP contribution in [0.3, 0.4) is 0 Å². The van der Waals surface area contributed by atoms with Crippen molar-refractivity contribution >= 4 is 21.7 Å². The van der Waals surface area contributed by atoms with E-state index in [-0.39, 0.29) is 0 Å². The third-order valence-electron chi connectivity index (χ3n) is 3.58. The molecule has 0 amide bonds. The molecule has 0 spiro atoms. The summed E-state index contributed by atoms with van der Waals surface area (Å²) in [5.41, 5.74) is 10.9. The lowest BCUT2D eigenvalue weighted by atomic mass is 9.98. The van der Waals surface area contributed by atoms with E-state index in [0.29, 0.717) is 0 Å². The van der Waals surface area contributed by atoms with Crippen LogP contribution in [0.1, 0.15) is 29.7 Å². The Morgan fingerprint density at radius 3 is 2.78 bits per heavy atom. The molecule has 0 saturated heterocycles. The largest absolute Gasteiger partial charge is 0.383 e. The summed E-state index contributed by atoms with van der Waals surface area (Å²) in [5, 5.41) is 4.69. The number of hydrogen-bond acceptors (Lipinski definition) is 2. The molecule has 18 heavy (non-hydrogen) atoms. The van der Waals surface area contributed by atoms with Crippen LogP contribution >= 0.6 is 15.9 Å². The molecule has 0 saturated carbocycles. The molecule has 0 bridgehead atoms. The minimum absolute atomic E-state index is 0.815. The van der Waals surface area contributed by atoms with Crippen LogP contribution in [0.4, 0.5) is 5.82 Å². The minimum atomic E-state index is 0.815. The lowest BCUT2D eigenvalue weighted by Gasteiger charge is -2.09. The monoisotopic (exact) mass is 305 g/mol. The molecular formula is C14H16BrN3. The summed E-state index contributed by atoms with van der Waals surface area (Å²) in [5.74, 6) is 0.815. The summed E-state index contributed by atoms with van der Waals surface area (Å²) < 4.78 is 2.98. The van der Waals surface area contributed by atoms with E-state index >= 15 is 0 Å². The highest BCUT2D eigenvalue weighted by atomic mass is 79.9. The van der Waals surface area contributed by atoms with Crippen LogP contribution in [-0.2, 0) is 12.8 Å². The molecule has 94 valence electrons. The second kappa shape index (κ2) is 4.43. The summed E-state index contributed by atoms with van der Waals surface area (Å²) in [6, 6.07) is 6.19. The zero-order chi connectivity index (χ0) is 12.7. The van der Waals surface area contributed by atoms with Gasteiger partial charge in [0.25, 0.3) is 0 Å². The van der Waals surface area contributed by atoms with Crippen LogP contribution in [-0.4, -0.2) is 9.78 Å². The van der Waals surface area contributed by atoms with Crippen molar-refractivity contribution in [1.82, 2.24) is 9.78 Å². The summed E-state index contributed by atoms with van der Waals surface area (Å²) in [6.45, 7) is 2.08. The molecule has 0 fully saturated rings. The topological polar surface area (TPSA) is 43.8 Å². The SMILES string of the molecule is Cc1cc(Br)ccc1-n1nc2c(c1N)CCCC2. The Balaban J connectivity index is 2.14. The highest BCUT2D eigenvalue weighted by Crippen LogP contribution is 2.29. The van der Waals surface area contributed by atoms with Crippen LogP contribution < -0.4 is 5.73 Å². The lowest BCUT2D eigenvalue weighted by Crippen LogP contribution is -2.04. The van der Waals surface area contributed by atoms with Crippen LogP contribution in [0.2, 0.25) is 0 Å². The Kier molecular flexibility index (Phi) is 2.90. The molecule has 1 aromatic carbocycles. The molecule has 3 rings (SSSR count). The molecule has 2 N–H and O–H groups in total. The van der Waals surface area contributed by atoms with Gasteiger partial charge in [0.15, 0.2) is 0 Å². The van der Waals surface area contributed by atoms with Crippen molar-refractivity contribution in [1.29, 1.82) is 0 Å². The van der Waals surface area contributed by atoms with E-state index in [2.05, 4.69) is 40.1 Å². The average molecular weight is 306 g/mol. The molecule has 1 aliphatic carbocycles. The van der Waals surface area contributed by atoms with Gasteiger partial charge in [0.05, 0.1) is 11.4 Å². The van der Waals surface area contributed by atoms with Gasteiger partial charge in [-0.1, -0.05) is 15.9 Å². The maximum Gasteiger partial charge on any atom is 0.130 e. The second-order valence-corrected chi connectivity index (χ2v) is 5.78. The molecule has 0 unspecified atom stereocenters. The maximum absolute atomic E-state index is 6.25. The van der Waals surface area contributed by atoms with Crippen molar-refractivity contribution in [2.24, 2.45) is 0 Å². The van der Waals surface area contributed by atoms with Gasteiger partial charge < -0.3 is 5.73 Å². The van der Waals surface area contributed by atoms with E-state index in [0.717, 1.165) is 28.8 Å². The van der Waals surface area contributed by atoms with Gasteiger partial charge in [-0.15, -0.1) is 0 Å². The van der Waals surface area contributed by atoms with E-state index in [1.807, 2.05) is 10.7 Å². The number of fused-ring (bicyclic) bond motifs is 1. The first-order chi connectivity index (χ1) is 8.66. The number of halogens is 1. The van der Waals surface area contributed by atoms with E-state index in [1.165, 1.54) is 29.7 Å². The van der Waals surface area contributed by atoms with Gasteiger partial charge in [-0.2, -0.15) is 5.10 Å². The number of rotatable bonds is 1. The molecule has 0 atom stereocenters. The highest BCUT2D eigenvalue weighted by Gasteiger charge is 2.19. The predicted molar refractivity (Wildman–Crippen MR) is 77.1 cm³/mol. The highest BCUT2D eigenvalue weighted by molar-refractivity contribution is 9.10. The predicted octanol–water partition coefficient (Wildman–Crippen LogP) is 3.40. The third kappa shape index (κ3) is 1.85. The third-order valence-corrected chi connectivity index (χ3v) is 4.08. The fraction of sp³-hybridized carbons (Fsp3) is 0.357. The number of benzene rings is 1. The molecule has 0 radical (unpaired) electrons. The Morgan fingerprint density at radius 2 is 2.06 bits per heavy atom. The number of hydrogen-bond donors (Lipinski definition) is 1. The standard InChI is InChI=1S/C14H16BrN3/c1-9-8-10(15)6-7-13(9)18-14(16)11-4-2-3-5-12(11)17-18/h6-8H,2-5,16H2,1H3. The van der Waals surface area contributed by atoms with Gasteiger partial charge in [-0.3, -0.25) is 0 Å². The molecule has 2 aromatic rings. The smallest absolute Gasteiger partial charge is 0.130 e. The van der Waals surface area contributed by atoms with Crippen LogP contribution in [0, 0.1) is 6.92 Å². The first-order valence-electron chi connectivity index (χ1n) is 6.29. The number of anilines is 1. The van der Waals surface area contributed by atoms with Crippen LogP contribution in [0.15, 0.2) is 22.7 Å². The second-order valence-electron chi connectivity index (χ2n) is 4.86. The normalized spacial score (nSPS) is 14.6. The number of aryl methyl sites for hydroxylation is 2. The molecule has 3 nitrogen and oxygen atoms in total. The fourth-order valence-electron chi connectivity index (χ4n) is 2.62. The molecule has 1 aliphatic rings. The van der Waals surface area contributed by atoms with Crippen LogP contribution in [0.25, 0.3) is 5.69 Å². The van der Waals surface area contributed by atoms with Crippen LogP contribution in [0.5, 0.6) is 0 Å².